The Morgan fingerprint density at radius 3 is 3.04 bits per heavy atom. The van der Waals surface area contributed by atoms with E-state index < -0.39 is 0 Å². The summed E-state index contributed by atoms with van der Waals surface area (Å²) in [6.07, 6.45) is 7.21. The number of hydrogen-bond acceptors (Lipinski definition) is 5. The molecule has 0 aromatic carbocycles. The first-order valence-electron chi connectivity index (χ1n) is 8.69. The third-order valence-corrected chi connectivity index (χ3v) is 5.75. The van der Waals surface area contributed by atoms with E-state index in [2.05, 4.69) is 26.7 Å². The van der Waals surface area contributed by atoms with Crippen molar-refractivity contribution in [3.05, 3.63) is 52.5 Å². The number of hydrogen-bond donors (Lipinski definition) is 0. The van der Waals surface area contributed by atoms with Crippen LogP contribution >= 0.6 is 11.3 Å². The van der Waals surface area contributed by atoms with Crippen molar-refractivity contribution in [1.82, 2.24) is 9.88 Å². The number of thiophene rings is 1. The predicted octanol–water partition coefficient (Wildman–Crippen LogP) is 3.48. The largest absolute Gasteiger partial charge is 0.371 e. The number of rotatable bonds is 5. The lowest BCUT2D eigenvalue weighted by atomic mass is 9.89. The molecule has 0 saturated carbocycles. The second-order valence-corrected chi connectivity index (χ2v) is 7.71. The summed E-state index contributed by atoms with van der Waals surface area (Å²) in [5.74, 6) is 0. The van der Waals surface area contributed by atoms with Crippen molar-refractivity contribution in [2.45, 2.75) is 44.1 Å². The Morgan fingerprint density at radius 1 is 1.29 bits per heavy atom. The highest BCUT2D eigenvalue weighted by Crippen LogP contribution is 2.36. The fraction of sp³-hybridized carbons (Fsp3) is 0.526. The molecule has 2 fully saturated rings. The van der Waals surface area contributed by atoms with Gasteiger partial charge in [-0.2, -0.15) is 11.3 Å². The molecule has 2 aliphatic heterocycles. The van der Waals surface area contributed by atoms with E-state index in [9.17, 15) is 0 Å². The molecule has 4 rings (SSSR count). The van der Waals surface area contributed by atoms with Crippen molar-refractivity contribution >= 4 is 11.3 Å². The molecule has 1 spiro atoms. The van der Waals surface area contributed by atoms with Crippen LogP contribution in [0, 0.1) is 0 Å². The van der Waals surface area contributed by atoms with Crippen LogP contribution in [0.15, 0.2) is 41.4 Å². The van der Waals surface area contributed by atoms with Crippen LogP contribution in [-0.4, -0.2) is 41.3 Å². The summed E-state index contributed by atoms with van der Waals surface area (Å²) in [4.78, 5) is 6.59. The Hall–Kier alpha value is -1.27. The summed E-state index contributed by atoms with van der Waals surface area (Å²) in [5.41, 5.74) is 2.59. The average Bonchev–Trinajstić information content (AvgIpc) is 3.25. The van der Waals surface area contributed by atoms with E-state index in [4.69, 9.17) is 9.47 Å². The van der Waals surface area contributed by atoms with Gasteiger partial charge in [-0.25, -0.2) is 0 Å². The SMILES string of the molecule is c1cc(CO[C@H]2CO[C@@]3(CCCN(Cc4ccsc4)C3)C2)ccn1. The van der Waals surface area contributed by atoms with E-state index >= 15 is 0 Å². The van der Waals surface area contributed by atoms with E-state index in [0.717, 1.165) is 32.5 Å². The van der Waals surface area contributed by atoms with Crippen LogP contribution in [0.4, 0.5) is 0 Å². The highest BCUT2D eigenvalue weighted by Gasteiger charge is 2.43. The molecule has 0 bridgehead atoms. The highest BCUT2D eigenvalue weighted by molar-refractivity contribution is 7.07. The number of piperidine rings is 1. The Balaban J connectivity index is 1.31. The van der Waals surface area contributed by atoms with Crippen molar-refractivity contribution in [1.29, 1.82) is 0 Å². The van der Waals surface area contributed by atoms with Crippen LogP contribution in [0.2, 0.25) is 0 Å². The summed E-state index contributed by atoms with van der Waals surface area (Å²) in [7, 11) is 0. The van der Waals surface area contributed by atoms with Crippen LogP contribution in [-0.2, 0) is 22.6 Å². The smallest absolute Gasteiger partial charge is 0.0841 e. The molecule has 4 nitrogen and oxygen atoms in total. The zero-order valence-corrected chi connectivity index (χ0v) is 14.7. The van der Waals surface area contributed by atoms with Crippen molar-refractivity contribution < 1.29 is 9.47 Å². The van der Waals surface area contributed by atoms with Crippen LogP contribution in [0.25, 0.3) is 0 Å². The van der Waals surface area contributed by atoms with Gasteiger partial charge in [0.05, 0.1) is 24.9 Å². The fourth-order valence-corrected chi connectivity index (χ4v) is 4.51. The third-order valence-electron chi connectivity index (χ3n) is 5.01. The minimum Gasteiger partial charge on any atom is -0.371 e. The van der Waals surface area contributed by atoms with Gasteiger partial charge >= 0.3 is 0 Å². The minimum absolute atomic E-state index is 0.00280. The standard InChI is InChI=1S/C19H24N2O2S/c1-5-19(15-21(8-1)11-17-4-9-24-14-17)10-18(13-23-19)22-12-16-2-6-20-7-3-16/h2-4,6-7,9,14,18H,1,5,8,10-13,15H2/t18-,19+/m1/s1. The molecule has 128 valence electrons. The summed E-state index contributed by atoms with van der Waals surface area (Å²) in [5, 5.41) is 4.40. The Bertz CT molecular complexity index is 634. The van der Waals surface area contributed by atoms with E-state index in [1.54, 1.807) is 11.3 Å². The van der Waals surface area contributed by atoms with Crippen LogP contribution in [0.1, 0.15) is 30.4 Å². The van der Waals surface area contributed by atoms with E-state index in [0.29, 0.717) is 6.61 Å². The summed E-state index contributed by atoms with van der Waals surface area (Å²) in [6, 6.07) is 6.24. The quantitative estimate of drug-likeness (QED) is 0.832. The fourth-order valence-electron chi connectivity index (χ4n) is 3.85. The normalized spacial score (nSPS) is 27.8. The second kappa shape index (κ2) is 7.31. The van der Waals surface area contributed by atoms with Crippen LogP contribution in [0.3, 0.4) is 0 Å². The molecule has 2 aliphatic rings. The number of aromatic nitrogens is 1. The first kappa shape index (κ1) is 16.2. The molecule has 2 saturated heterocycles. The molecule has 2 aromatic heterocycles. The average molecular weight is 344 g/mol. The molecule has 2 aromatic rings. The molecule has 2 atom stereocenters. The zero-order chi connectivity index (χ0) is 16.2. The van der Waals surface area contributed by atoms with Crippen LogP contribution < -0.4 is 0 Å². The molecule has 4 heterocycles. The molecule has 0 N–H and O–H groups in total. The Labute approximate surface area is 147 Å². The number of ether oxygens (including phenoxy) is 2. The van der Waals surface area contributed by atoms with Gasteiger partial charge < -0.3 is 9.47 Å². The molecular formula is C19H24N2O2S. The molecule has 0 aliphatic carbocycles. The Kier molecular flexibility index (Phi) is 4.94. The van der Waals surface area contributed by atoms with Crippen molar-refractivity contribution in [3.8, 4) is 0 Å². The number of pyridine rings is 1. The van der Waals surface area contributed by atoms with Crippen molar-refractivity contribution in [3.63, 3.8) is 0 Å². The van der Waals surface area contributed by atoms with Gasteiger partial charge in [0.15, 0.2) is 0 Å². The van der Waals surface area contributed by atoms with Gasteiger partial charge in [0.1, 0.15) is 0 Å². The monoisotopic (exact) mass is 344 g/mol. The topological polar surface area (TPSA) is 34.6 Å². The van der Waals surface area contributed by atoms with Gasteiger partial charge in [-0.3, -0.25) is 9.88 Å². The highest BCUT2D eigenvalue weighted by atomic mass is 32.1. The molecule has 0 radical (unpaired) electrons. The van der Waals surface area contributed by atoms with Gasteiger partial charge in [-0.1, -0.05) is 0 Å². The third kappa shape index (κ3) is 3.86. The molecule has 0 amide bonds. The maximum Gasteiger partial charge on any atom is 0.0841 e. The molecule has 0 unspecified atom stereocenters. The summed E-state index contributed by atoms with van der Waals surface area (Å²) < 4.78 is 12.3. The minimum atomic E-state index is -0.00280. The number of nitrogens with zero attached hydrogens (tertiary/aromatic N) is 2. The first-order chi connectivity index (χ1) is 11.8. The lowest BCUT2D eigenvalue weighted by Gasteiger charge is -2.39. The lowest BCUT2D eigenvalue weighted by Crippen LogP contribution is -2.47. The van der Waals surface area contributed by atoms with Crippen molar-refractivity contribution in [2.24, 2.45) is 0 Å². The van der Waals surface area contributed by atoms with Gasteiger partial charge in [-0.05, 0) is 59.5 Å². The maximum atomic E-state index is 6.26. The predicted molar refractivity (Wildman–Crippen MR) is 94.9 cm³/mol. The van der Waals surface area contributed by atoms with Crippen molar-refractivity contribution in [2.75, 3.05) is 19.7 Å². The van der Waals surface area contributed by atoms with Gasteiger partial charge in [0.25, 0.3) is 0 Å². The first-order valence-corrected chi connectivity index (χ1v) is 9.64. The Morgan fingerprint density at radius 2 is 2.21 bits per heavy atom. The van der Waals surface area contributed by atoms with E-state index in [1.165, 1.54) is 24.1 Å². The van der Waals surface area contributed by atoms with E-state index in [1.807, 2.05) is 24.5 Å². The van der Waals surface area contributed by atoms with E-state index in [-0.39, 0.29) is 11.7 Å². The molecule has 24 heavy (non-hydrogen) atoms. The summed E-state index contributed by atoms with van der Waals surface area (Å²) in [6.45, 7) is 4.60. The lowest BCUT2D eigenvalue weighted by molar-refractivity contribution is -0.0548. The number of likely N-dealkylation sites (tertiary alicyclic amines) is 1. The second-order valence-electron chi connectivity index (χ2n) is 6.93. The molecular weight excluding hydrogens is 320 g/mol. The van der Waals surface area contributed by atoms with Gasteiger partial charge in [-0.15, -0.1) is 0 Å². The zero-order valence-electron chi connectivity index (χ0n) is 13.9. The maximum absolute atomic E-state index is 6.26. The molecule has 5 heteroatoms. The van der Waals surface area contributed by atoms with Gasteiger partial charge in [0, 0.05) is 31.9 Å². The summed E-state index contributed by atoms with van der Waals surface area (Å²) >= 11 is 1.77. The van der Waals surface area contributed by atoms with Gasteiger partial charge in [0.2, 0.25) is 0 Å². The van der Waals surface area contributed by atoms with Crippen LogP contribution in [0.5, 0.6) is 0 Å².